The van der Waals surface area contributed by atoms with E-state index >= 15 is 0 Å². The van der Waals surface area contributed by atoms with E-state index in [1.165, 1.54) is 11.4 Å². The Balaban J connectivity index is 2.81. The Kier molecular flexibility index (Phi) is 5.46. The summed E-state index contributed by atoms with van der Waals surface area (Å²) < 4.78 is 22.6. The van der Waals surface area contributed by atoms with Gasteiger partial charge in [-0.3, -0.25) is 4.79 Å². The molecular weight excluding hydrogens is 302 g/mol. The number of sulfone groups is 1. The summed E-state index contributed by atoms with van der Waals surface area (Å²) in [5.41, 5.74) is 0. The summed E-state index contributed by atoms with van der Waals surface area (Å²) in [6.07, 6.45) is 3.29. The van der Waals surface area contributed by atoms with Crippen LogP contribution in [0.5, 0.6) is 0 Å². The minimum atomic E-state index is -3.37. The first-order chi connectivity index (χ1) is 9.25. The van der Waals surface area contributed by atoms with Crippen molar-refractivity contribution in [3.8, 4) is 0 Å². The maximum Gasteiger partial charge on any atom is 0.326 e. The van der Waals surface area contributed by atoms with Crippen LogP contribution in [0.2, 0.25) is 0 Å². The van der Waals surface area contributed by atoms with Gasteiger partial charge in [0.2, 0.25) is 0 Å². The van der Waals surface area contributed by atoms with Gasteiger partial charge < -0.3 is 10.4 Å². The number of hydrogen-bond donors (Lipinski definition) is 2. The first-order valence-corrected chi connectivity index (χ1v) is 8.46. The van der Waals surface area contributed by atoms with E-state index in [1.807, 2.05) is 0 Å². The summed E-state index contributed by atoms with van der Waals surface area (Å²) in [5.74, 6) is -1.73. The second-order valence-corrected chi connectivity index (χ2v) is 7.08. The number of carboxylic acids is 1. The summed E-state index contributed by atoms with van der Waals surface area (Å²) in [6.45, 7) is 3.49. The average Bonchev–Trinajstić information content (AvgIpc) is 2.83. The maximum absolute atomic E-state index is 11.9. The van der Waals surface area contributed by atoms with E-state index in [0.717, 1.165) is 17.6 Å². The van der Waals surface area contributed by atoms with Gasteiger partial charge in [-0.25, -0.2) is 13.2 Å². The molecule has 110 valence electrons. The van der Waals surface area contributed by atoms with Crippen LogP contribution in [-0.4, -0.2) is 37.7 Å². The first-order valence-electron chi connectivity index (χ1n) is 5.69. The fraction of sp³-hybridized carbons (Fsp3) is 0.333. The molecule has 1 heterocycles. The molecule has 1 rings (SSSR count). The molecule has 2 N–H and O–H groups in total. The smallest absolute Gasteiger partial charge is 0.326 e. The van der Waals surface area contributed by atoms with Crippen LogP contribution in [0.25, 0.3) is 0 Å². The number of allylic oxidation sites excluding steroid dienone is 1. The number of carbonyl (C=O) groups is 2. The quantitative estimate of drug-likeness (QED) is 0.738. The minimum Gasteiger partial charge on any atom is -0.480 e. The third kappa shape index (κ3) is 4.46. The maximum atomic E-state index is 11.9. The van der Waals surface area contributed by atoms with Crippen LogP contribution in [0.1, 0.15) is 22.5 Å². The van der Waals surface area contributed by atoms with Crippen LogP contribution in [0.15, 0.2) is 29.0 Å². The molecule has 1 aromatic heterocycles. The zero-order valence-electron chi connectivity index (χ0n) is 10.8. The zero-order valence-corrected chi connectivity index (χ0v) is 12.5. The fourth-order valence-corrected chi connectivity index (χ4v) is 3.33. The number of carboxylic acid groups (broad SMARTS) is 1. The molecule has 0 aromatic carbocycles. The molecular formula is C12H15NO5S2. The molecule has 0 aliphatic rings. The minimum absolute atomic E-state index is 0.0469. The summed E-state index contributed by atoms with van der Waals surface area (Å²) in [4.78, 5) is 23.1. The lowest BCUT2D eigenvalue weighted by atomic mass is 10.1. The van der Waals surface area contributed by atoms with Crippen molar-refractivity contribution in [1.82, 2.24) is 5.32 Å². The largest absolute Gasteiger partial charge is 0.480 e. The molecule has 1 aromatic rings. The van der Waals surface area contributed by atoms with Crippen LogP contribution >= 0.6 is 11.3 Å². The molecule has 1 unspecified atom stereocenters. The van der Waals surface area contributed by atoms with Crippen molar-refractivity contribution in [2.24, 2.45) is 0 Å². The molecule has 20 heavy (non-hydrogen) atoms. The van der Waals surface area contributed by atoms with Gasteiger partial charge in [-0.2, -0.15) is 0 Å². The number of nitrogens with one attached hydrogen (secondary N) is 1. The van der Waals surface area contributed by atoms with Gasteiger partial charge in [0.1, 0.15) is 6.04 Å². The Morgan fingerprint density at radius 3 is 2.65 bits per heavy atom. The van der Waals surface area contributed by atoms with E-state index in [9.17, 15) is 18.0 Å². The lowest BCUT2D eigenvalue weighted by Crippen LogP contribution is -2.40. The van der Waals surface area contributed by atoms with Crippen molar-refractivity contribution < 1.29 is 23.1 Å². The van der Waals surface area contributed by atoms with Gasteiger partial charge in [0.25, 0.3) is 5.91 Å². The normalized spacial score (nSPS) is 12.7. The Labute approximate surface area is 121 Å². The van der Waals surface area contributed by atoms with Crippen LogP contribution in [0.3, 0.4) is 0 Å². The number of rotatable bonds is 7. The standard InChI is InChI=1S/C12H15NO5S2/c1-3-4-5-9(12(15)16)13-11(14)10-6-8(7-19-10)20(2,17)18/h3,6-7,9H,1,4-5H2,2H3,(H,13,14)(H,15,16). The number of amides is 1. The van der Waals surface area contributed by atoms with Gasteiger partial charge in [-0.05, 0) is 18.9 Å². The van der Waals surface area contributed by atoms with Gasteiger partial charge in [-0.15, -0.1) is 17.9 Å². The molecule has 1 amide bonds. The second-order valence-electron chi connectivity index (χ2n) is 4.15. The number of aliphatic carboxylic acids is 1. The fourth-order valence-electron chi connectivity index (χ4n) is 1.40. The topological polar surface area (TPSA) is 101 Å². The van der Waals surface area contributed by atoms with Crippen LogP contribution < -0.4 is 5.32 Å². The highest BCUT2D eigenvalue weighted by molar-refractivity contribution is 7.90. The Morgan fingerprint density at radius 2 is 2.20 bits per heavy atom. The Morgan fingerprint density at radius 1 is 1.55 bits per heavy atom. The predicted octanol–water partition coefficient (Wildman–Crippen LogP) is 1.30. The van der Waals surface area contributed by atoms with Crippen LogP contribution in [0.4, 0.5) is 0 Å². The molecule has 0 aliphatic heterocycles. The molecule has 0 saturated carbocycles. The van der Waals surface area contributed by atoms with Crippen molar-refractivity contribution in [2.45, 2.75) is 23.8 Å². The molecule has 0 bridgehead atoms. The highest BCUT2D eigenvalue weighted by Crippen LogP contribution is 2.19. The van der Waals surface area contributed by atoms with Crippen molar-refractivity contribution in [3.63, 3.8) is 0 Å². The van der Waals surface area contributed by atoms with Crippen LogP contribution in [0, 0.1) is 0 Å². The Bertz CT molecular complexity index is 618. The zero-order chi connectivity index (χ0) is 15.3. The molecule has 0 radical (unpaired) electrons. The van der Waals surface area contributed by atoms with E-state index < -0.39 is 27.8 Å². The highest BCUT2D eigenvalue weighted by Gasteiger charge is 2.21. The van der Waals surface area contributed by atoms with Gasteiger partial charge in [0.15, 0.2) is 9.84 Å². The van der Waals surface area contributed by atoms with E-state index in [4.69, 9.17) is 5.11 Å². The average molecular weight is 317 g/mol. The van der Waals surface area contributed by atoms with E-state index in [1.54, 1.807) is 6.08 Å². The molecule has 6 nitrogen and oxygen atoms in total. The summed E-state index contributed by atoms with van der Waals surface area (Å²) in [7, 11) is -3.37. The SMILES string of the molecule is C=CCCC(NC(=O)c1cc(S(C)(=O)=O)cs1)C(=O)O. The van der Waals surface area contributed by atoms with Crippen molar-refractivity contribution in [2.75, 3.05) is 6.26 Å². The third-order valence-corrected chi connectivity index (χ3v) is 4.66. The van der Waals surface area contributed by atoms with Crippen molar-refractivity contribution in [1.29, 1.82) is 0 Å². The highest BCUT2D eigenvalue weighted by atomic mass is 32.2. The van der Waals surface area contributed by atoms with E-state index in [0.29, 0.717) is 6.42 Å². The first kappa shape index (κ1) is 16.4. The number of hydrogen-bond acceptors (Lipinski definition) is 5. The molecule has 0 aliphatic carbocycles. The van der Waals surface area contributed by atoms with Gasteiger partial charge in [-0.1, -0.05) is 6.08 Å². The predicted molar refractivity (Wildman–Crippen MR) is 75.7 cm³/mol. The van der Waals surface area contributed by atoms with Crippen molar-refractivity contribution in [3.05, 3.63) is 29.0 Å². The molecule has 0 saturated heterocycles. The third-order valence-electron chi connectivity index (χ3n) is 2.49. The van der Waals surface area contributed by atoms with Gasteiger partial charge in [0, 0.05) is 11.6 Å². The van der Waals surface area contributed by atoms with Crippen molar-refractivity contribution >= 4 is 33.1 Å². The van der Waals surface area contributed by atoms with E-state index in [-0.39, 0.29) is 16.2 Å². The second kappa shape index (κ2) is 6.67. The lowest BCUT2D eigenvalue weighted by molar-refractivity contribution is -0.139. The van der Waals surface area contributed by atoms with E-state index in [2.05, 4.69) is 11.9 Å². The number of thiophene rings is 1. The summed E-state index contributed by atoms with van der Waals surface area (Å²) in [6, 6.07) is 0.214. The molecule has 1 atom stereocenters. The molecule has 0 spiro atoms. The number of carbonyl (C=O) groups excluding carboxylic acids is 1. The summed E-state index contributed by atoms with van der Waals surface area (Å²) >= 11 is 0.958. The van der Waals surface area contributed by atoms with Crippen LogP contribution in [-0.2, 0) is 14.6 Å². The lowest BCUT2D eigenvalue weighted by Gasteiger charge is -2.12. The van der Waals surface area contributed by atoms with Gasteiger partial charge >= 0.3 is 5.97 Å². The summed E-state index contributed by atoms with van der Waals surface area (Å²) in [5, 5.41) is 12.7. The van der Waals surface area contributed by atoms with Gasteiger partial charge in [0.05, 0.1) is 9.77 Å². The Hall–Kier alpha value is -1.67. The molecule has 0 fully saturated rings. The monoisotopic (exact) mass is 317 g/mol. The molecule has 8 heteroatoms.